The molecule has 2 aromatic heterocycles. The van der Waals surface area contributed by atoms with Gasteiger partial charge in [0.05, 0.1) is 29.5 Å². The summed E-state index contributed by atoms with van der Waals surface area (Å²) in [6.07, 6.45) is 1.50. The Morgan fingerprint density at radius 2 is 2.04 bits per heavy atom. The lowest BCUT2D eigenvalue weighted by Gasteiger charge is -2.05. The first-order valence-electron chi connectivity index (χ1n) is 8.39. The maximum Gasteiger partial charge on any atom is 0.338 e. The van der Waals surface area contributed by atoms with Crippen LogP contribution in [0.25, 0.3) is 10.2 Å². The van der Waals surface area contributed by atoms with E-state index in [0.29, 0.717) is 26.3 Å². The van der Waals surface area contributed by atoms with E-state index >= 15 is 0 Å². The van der Waals surface area contributed by atoms with Gasteiger partial charge in [-0.15, -0.1) is 0 Å². The quantitative estimate of drug-likeness (QED) is 0.600. The van der Waals surface area contributed by atoms with Gasteiger partial charge in [0.2, 0.25) is 0 Å². The van der Waals surface area contributed by atoms with Crippen molar-refractivity contribution in [3.63, 3.8) is 0 Å². The minimum Gasteiger partial charge on any atom is -0.468 e. The number of rotatable bonds is 5. The van der Waals surface area contributed by atoms with Gasteiger partial charge in [-0.25, -0.2) is 4.79 Å². The number of nitrogens with zero attached hydrogens (tertiary/aromatic N) is 4. The van der Waals surface area contributed by atoms with E-state index in [9.17, 15) is 14.4 Å². The van der Waals surface area contributed by atoms with Crippen LogP contribution in [-0.2, 0) is 27.9 Å². The van der Waals surface area contributed by atoms with Gasteiger partial charge in [0.15, 0.2) is 4.80 Å². The summed E-state index contributed by atoms with van der Waals surface area (Å²) >= 11 is 1.19. The molecule has 1 aromatic carbocycles. The summed E-state index contributed by atoms with van der Waals surface area (Å²) in [5.74, 6) is -1.42. The average Bonchev–Trinajstić information content (AvgIpc) is 3.25. The minimum absolute atomic E-state index is 0.118. The van der Waals surface area contributed by atoms with Crippen LogP contribution < -0.4 is 4.80 Å². The Morgan fingerprint density at radius 3 is 2.68 bits per heavy atom. The molecular formula is C18H18N4O5S. The molecule has 0 spiro atoms. The molecule has 0 aliphatic rings. The number of fused-ring (bicyclic) bond motifs is 1. The van der Waals surface area contributed by atoms with Gasteiger partial charge in [-0.3, -0.25) is 14.3 Å². The summed E-state index contributed by atoms with van der Waals surface area (Å²) in [6.45, 7) is 1.88. The second-order valence-corrected chi connectivity index (χ2v) is 6.72. The predicted molar refractivity (Wildman–Crippen MR) is 101 cm³/mol. The number of ether oxygens (including phenoxy) is 2. The van der Waals surface area contributed by atoms with E-state index in [1.165, 1.54) is 29.3 Å². The van der Waals surface area contributed by atoms with Gasteiger partial charge in [-0.1, -0.05) is 11.3 Å². The molecule has 0 atom stereocenters. The van der Waals surface area contributed by atoms with Crippen LogP contribution in [0.4, 0.5) is 0 Å². The molecule has 28 heavy (non-hydrogen) atoms. The molecule has 146 valence electrons. The standard InChI is InChI=1S/C18H18N4O5S/c1-4-27-17(25)11-5-6-12-14(9-11)28-18(22(12)10-15(23)26-3)20-16(24)13-7-8-19-21(13)2/h5-9H,4,10H2,1-3H3. The largest absolute Gasteiger partial charge is 0.468 e. The molecule has 0 unspecified atom stereocenters. The van der Waals surface area contributed by atoms with Crippen molar-refractivity contribution >= 4 is 39.4 Å². The number of carbonyl (C=O) groups excluding carboxylic acids is 3. The summed E-state index contributed by atoms with van der Waals surface area (Å²) in [5.41, 5.74) is 1.35. The van der Waals surface area contributed by atoms with E-state index in [2.05, 4.69) is 10.1 Å². The van der Waals surface area contributed by atoms with Crippen LogP contribution in [0.3, 0.4) is 0 Å². The van der Waals surface area contributed by atoms with Gasteiger partial charge < -0.3 is 14.0 Å². The first kappa shape index (κ1) is 19.5. The highest BCUT2D eigenvalue weighted by Gasteiger charge is 2.16. The third-order valence-corrected chi connectivity index (χ3v) is 4.99. The highest BCUT2D eigenvalue weighted by Crippen LogP contribution is 2.20. The zero-order chi connectivity index (χ0) is 20.3. The van der Waals surface area contributed by atoms with Crippen molar-refractivity contribution in [3.8, 4) is 0 Å². The van der Waals surface area contributed by atoms with Crippen LogP contribution >= 0.6 is 11.3 Å². The van der Waals surface area contributed by atoms with Crippen molar-refractivity contribution in [3.05, 3.63) is 46.5 Å². The summed E-state index contributed by atoms with van der Waals surface area (Å²) in [5, 5.41) is 3.96. The van der Waals surface area contributed by atoms with E-state index in [-0.39, 0.29) is 13.2 Å². The van der Waals surface area contributed by atoms with Crippen LogP contribution in [0.15, 0.2) is 35.5 Å². The summed E-state index contributed by atoms with van der Waals surface area (Å²) in [6, 6.07) is 6.50. The molecule has 3 aromatic rings. The van der Waals surface area contributed by atoms with Gasteiger partial charge in [0.1, 0.15) is 12.2 Å². The Labute approximate surface area is 163 Å². The smallest absolute Gasteiger partial charge is 0.338 e. The van der Waals surface area contributed by atoms with Crippen LogP contribution in [0.2, 0.25) is 0 Å². The van der Waals surface area contributed by atoms with Crippen molar-refractivity contribution in [2.24, 2.45) is 12.0 Å². The minimum atomic E-state index is -0.490. The zero-order valence-corrected chi connectivity index (χ0v) is 16.4. The van der Waals surface area contributed by atoms with Crippen molar-refractivity contribution in [1.82, 2.24) is 14.3 Å². The number of esters is 2. The van der Waals surface area contributed by atoms with Crippen LogP contribution in [0.5, 0.6) is 0 Å². The topological polar surface area (TPSA) is 105 Å². The molecule has 9 nitrogen and oxygen atoms in total. The Morgan fingerprint density at radius 1 is 1.25 bits per heavy atom. The fourth-order valence-corrected chi connectivity index (χ4v) is 3.64. The first-order valence-corrected chi connectivity index (χ1v) is 9.20. The van der Waals surface area contributed by atoms with E-state index in [0.717, 1.165) is 0 Å². The lowest BCUT2D eigenvalue weighted by Crippen LogP contribution is -2.22. The number of amides is 1. The van der Waals surface area contributed by atoms with E-state index < -0.39 is 17.8 Å². The number of aromatic nitrogens is 3. The van der Waals surface area contributed by atoms with Crippen LogP contribution in [-0.4, -0.2) is 45.9 Å². The predicted octanol–water partition coefficient (Wildman–Crippen LogP) is 1.53. The molecule has 0 fully saturated rings. The van der Waals surface area contributed by atoms with E-state index in [1.807, 2.05) is 0 Å². The Hall–Kier alpha value is -3.27. The van der Waals surface area contributed by atoms with Crippen LogP contribution in [0, 0.1) is 0 Å². The maximum absolute atomic E-state index is 12.5. The SMILES string of the molecule is CCOC(=O)c1ccc2c(c1)sc(=NC(=O)c1ccnn1C)n2CC(=O)OC. The number of carbonyl (C=O) groups is 3. The van der Waals surface area contributed by atoms with Crippen molar-refractivity contribution in [2.75, 3.05) is 13.7 Å². The first-order chi connectivity index (χ1) is 13.4. The highest BCUT2D eigenvalue weighted by atomic mass is 32.1. The molecule has 10 heteroatoms. The average molecular weight is 402 g/mol. The van der Waals surface area contributed by atoms with Gasteiger partial charge in [0, 0.05) is 13.2 Å². The highest BCUT2D eigenvalue weighted by molar-refractivity contribution is 7.16. The molecule has 0 aliphatic carbocycles. The Bertz CT molecular complexity index is 1120. The number of methoxy groups -OCH3 is 1. The van der Waals surface area contributed by atoms with Gasteiger partial charge >= 0.3 is 11.9 Å². The molecule has 0 saturated heterocycles. The molecule has 1 amide bonds. The Balaban J connectivity index is 2.13. The van der Waals surface area contributed by atoms with Crippen molar-refractivity contribution < 1.29 is 23.9 Å². The number of hydrogen-bond donors (Lipinski definition) is 0. The van der Waals surface area contributed by atoms with E-state index in [1.54, 1.807) is 42.8 Å². The molecule has 0 N–H and O–H groups in total. The molecule has 0 aliphatic heterocycles. The summed E-state index contributed by atoms with van der Waals surface area (Å²) < 4.78 is 13.5. The molecule has 2 heterocycles. The van der Waals surface area contributed by atoms with Gasteiger partial charge in [-0.05, 0) is 31.2 Å². The van der Waals surface area contributed by atoms with Gasteiger partial charge in [-0.2, -0.15) is 10.1 Å². The second-order valence-electron chi connectivity index (χ2n) is 5.71. The van der Waals surface area contributed by atoms with Gasteiger partial charge in [0.25, 0.3) is 5.91 Å². The number of aryl methyl sites for hydroxylation is 1. The molecule has 0 radical (unpaired) electrons. The summed E-state index contributed by atoms with van der Waals surface area (Å²) in [7, 11) is 2.93. The zero-order valence-electron chi connectivity index (χ0n) is 15.5. The lowest BCUT2D eigenvalue weighted by molar-refractivity contribution is -0.141. The summed E-state index contributed by atoms with van der Waals surface area (Å²) in [4.78, 5) is 40.8. The second kappa shape index (κ2) is 8.17. The fourth-order valence-electron chi connectivity index (χ4n) is 2.57. The normalized spacial score (nSPS) is 11.6. The third-order valence-electron chi connectivity index (χ3n) is 3.95. The molecule has 0 saturated carbocycles. The molecule has 0 bridgehead atoms. The molecular weight excluding hydrogens is 384 g/mol. The third kappa shape index (κ3) is 3.86. The van der Waals surface area contributed by atoms with Crippen molar-refractivity contribution in [1.29, 1.82) is 0 Å². The lowest BCUT2D eigenvalue weighted by atomic mass is 10.2. The number of hydrogen-bond acceptors (Lipinski definition) is 7. The monoisotopic (exact) mass is 402 g/mol. The maximum atomic E-state index is 12.5. The fraction of sp³-hybridized carbons (Fsp3) is 0.278. The Kier molecular flexibility index (Phi) is 5.69. The van der Waals surface area contributed by atoms with Crippen LogP contribution in [0.1, 0.15) is 27.8 Å². The molecule has 3 rings (SSSR count). The number of benzene rings is 1. The van der Waals surface area contributed by atoms with Crippen molar-refractivity contribution in [2.45, 2.75) is 13.5 Å². The number of thiazole rings is 1. The van der Waals surface area contributed by atoms with E-state index in [4.69, 9.17) is 9.47 Å².